The lowest BCUT2D eigenvalue weighted by Crippen LogP contribution is -2.16. The molecule has 0 aromatic heterocycles. The minimum absolute atomic E-state index is 0.163. The first-order valence-corrected chi connectivity index (χ1v) is 4.00. The Labute approximate surface area is 78.4 Å². The SMILES string of the molecule is [CH2]NC(=O)c1cccc(N(C)C)c1. The summed E-state index contributed by atoms with van der Waals surface area (Å²) in [5.74, 6) is -0.163. The normalized spacial score (nSPS) is 9.46. The van der Waals surface area contributed by atoms with Gasteiger partial charge in [0.2, 0.25) is 0 Å². The Kier molecular flexibility index (Phi) is 2.90. The van der Waals surface area contributed by atoms with Crippen LogP contribution in [0.4, 0.5) is 5.69 Å². The molecule has 0 aliphatic rings. The molecule has 0 saturated carbocycles. The highest BCUT2D eigenvalue weighted by atomic mass is 16.1. The Morgan fingerprint density at radius 3 is 2.69 bits per heavy atom. The maximum atomic E-state index is 11.2. The summed E-state index contributed by atoms with van der Waals surface area (Å²) in [6.07, 6.45) is 0. The molecule has 0 spiro atoms. The molecular formula is C10H13N2O. The van der Waals surface area contributed by atoms with E-state index in [-0.39, 0.29) is 5.91 Å². The van der Waals surface area contributed by atoms with Crippen molar-refractivity contribution in [1.29, 1.82) is 0 Å². The van der Waals surface area contributed by atoms with Crippen LogP contribution in [0.5, 0.6) is 0 Å². The topological polar surface area (TPSA) is 32.3 Å². The molecule has 1 aromatic carbocycles. The highest BCUT2D eigenvalue weighted by molar-refractivity contribution is 5.95. The van der Waals surface area contributed by atoms with Crippen LogP contribution in [-0.4, -0.2) is 20.0 Å². The molecule has 0 bridgehead atoms. The Bertz CT molecular complexity index is 308. The van der Waals surface area contributed by atoms with Crippen molar-refractivity contribution >= 4 is 11.6 Å². The molecule has 0 aliphatic carbocycles. The van der Waals surface area contributed by atoms with Gasteiger partial charge < -0.3 is 10.2 Å². The molecule has 0 saturated heterocycles. The fraction of sp³-hybridized carbons (Fsp3) is 0.200. The van der Waals surface area contributed by atoms with Gasteiger partial charge in [0.15, 0.2) is 0 Å². The van der Waals surface area contributed by atoms with Gasteiger partial charge in [-0.25, -0.2) is 0 Å². The molecule has 1 amide bonds. The molecular weight excluding hydrogens is 164 g/mol. The molecule has 0 fully saturated rings. The molecule has 13 heavy (non-hydrogen) atoms. The number of hydrogen-bond acceptors (Lipinski definition) is 2. The molecule has 3 nitrogen and oxygen atoms in total. The van der Waals surface area contributed by atoms with Gasteiger partial charge in [-0.15, -0.1) is 0 Å². The van der Waals surface area contributed by atoms with E-state index in [0.29, 0.717) is 5.56 Å². The van der Waals surface area contributed by atoms with E-state index in [1.807, 2.05) is 37.2 Å². The average molecular weight is 177 g/mol. The lowest BCUT2D eigenvalue weighted by atomic mass is 10.2. The Balaban J connectivity index is 2.98. The standard InChI is InChI=1S/C10H13N2O/c1-11-10(13)8-5-4-6-9(7-8)12(2)3/h4-7H,1H2,2-3H3,(H,11,13). The Hall–Kier alpha value is -1.51. The summed E-state index contributed by atoms with van der Waals surface area (Å²) in [7, 11) is 7.19. The lowest BCUT2D eigenvalue weighted by molar-refractivity contribution is 0.0969. The smallest absolute Gasteiger partial charge is 0.251 e. The number of hydrogen-bond donors (Lipinski definition) is 1. The average Bonchev–Trinajstić information content (AvgIpc) is 2.17. The van der Waals surface area contributed by atoms with E-state index >= 15 is 0 Å². The van der Waals surface area contributed by atoms with Gasteiger partial charge >= 0.3 is 0 Å². The minimum atomic E-state index is -0.163. The first-order valence-electron chi connectivity index (χ1n) is 4.00. The van der Waals surface area contributed by atoms with Crippen molar-refractivity contribution in [1.82, 2.24) is 5.32 Å². The van der Waals surface area contributed by atoms with Crippen LogP contribution >= 0.6 is 0 Å². The third-order valence-corrected chi connectivity index (χ3v) is 1.79. The molecule has 1 rings (SSSR count). The van der Waals surface area contributed by atoms with Gasteiger partial charge in [0.1, 0.15) is 0 Å². The van der Waals surface area contributed by atoms with Gasteiger partial charge in [-0.3, -0.25) is 4.79 Å². The number of anilines is 1. The zero-order valence-corrected chi connectivity index (χ0v) is 7.87. The first kappa shape index (κ1) is 9.58. The monoisotopic (exact) mass is 177 g/mol. The van der Waals surface area contributed by atoms with Crippen LogP contribution in [0.25, 0.3) is 0 Å². The number of carbonyl (C=O) groups is 1. The Morgan fingerprint density at radius 1 is 1.46 bits per heavy atom. The van der Waals surface area contributed by atoms with E-state index in [0.717, 1.165) is 5.69 Å². The summed E-state index contributed by atoms with van der Waals surface area (Å²) in [5, 5.41) is 2.34. The lowest BCUT2D eigenvalue weighted by Gasteiger charge is -2.12. The third-order valence-electron chi connectivity index (χ3n) is 1.79. The van der Waals surface area contributed by atoms with Gasteiger partial charge in [0.25, 0.3) is 5.91 Å². The summed E-state index contributed by atoms with van der Waals surface area (Å²) < 4.78 is 0. The van der Waals surface area contributed by atoms with Crippen molar-refractivity contribution < 1.29 is 4.79 Å². The molecule has 0 heterocycles. The van der Waals surface area contributed by atoms with Crippen LogP contribution in [0, 0.1) is 7.05 Å². The largest absolute Gasteiger partial charge is 0.378 e. The zero-order chi connectivity index (χ0) is 9.84. The quantitative estimate of drug-likeness (QED) is 0.738. The summed E-state index contributed by atoms with van der Waals surface area (Å²) in [6, 6.07) is 7.37. The second-order valence-corrected chi connectivity index (χ2v) is 2.95. The third kappa shape index (κ3) is 2.21. The zero-order valence-electron chi connectivity index (χ0n) is 7.87. The number of carbonyl (C=O) groups excluding carboxylic acids is 1. The van der Waals surface area contributed by atoms with Crippen LogP contribution in [0.15, 0.2) is 24.3 Å². The van der Waals surface area contributed by atoms with Gasteiger partial charge in [0, 0.05) is 32.4 Å². The molecule has 0 unspecified atom stereocenters. The van der Waals surface area contributed by atoms with E-state index in [1.165, 1.54) is 0 Å². The highest BCUT2D eigenvalue weighted by Gasteiger charge is 2.03. The highest BCUT2D eigenvalue weighted by Crippen LogP contribution is 2.12. The maximum Gasteiger partial charge on any atom is 0.251 e. The van der Waals surface area contributed by atoms with Crippen molar-refractivity contribution in [3.63, 3.8) is 0 Å². The fourth-order valence-electron chi connectivity index (χ4n) is 1.03. The van der Waals surface area contributed by atoms with E-state index < -0.39 is 0 Å². The maximum absolute atomic E-state index is 11.2. The summed E-state index contributed by atoms with van der Waals surface area (Å²) in [5.41, 5.74) is 1.63. The van der Waals surface area contributed by atoms with Crippen molar-refractivity contribution in [3.8, 4) is 0 Å². The molecule has 1 aromatic rings. The fourth-order valence-corrected chi connectivity index (χ4v) is 1.03. The molecule has 69 valence electrons. The van der Waals surface area contributed by atoms with E-state index in [1.54, 1.807) is 6.07 Å². The number of nitrogens with one attached hydrogen (secondary N) is 1. The van der Waals surface area contributed by atoms with Crippen molar-refractivity contribution in [3.05, 3.63) is 36.9 Å². The van der Waals surface area contributed by atoms with E-state index in [4.69, 9.17) is 0 Å². The van der Waals surface area contributed by atoms with Crippen LogP contribution in [-0.2, 0) is 0 Å². The van der Waals surface area contributed by atoms with Gasteiger partial charge in [0.05, 0.1) is 0 Å². The summed E-state index contributed by atoms with van der Waals surface area (Å²) in [4.78, 5) is 13.1. The van der Waals surface area contributed by atoms with Crippen LogP contribution in [0.2, 0.25) is 0 Å². The molecule has 1 radical (unpaired) electrons. The molecule has 1 N–H and O–H groups in total. The van der Waals surface area contributed by atoms with Gasteiger partial charge in [-0.2, -0.15) is 0 Å². The predicted octanol–water partition coefficient (Wildman–Crippen LogP) is 1.27. The Morgan fingerprint density at radius 2 is 2.15 bits per heavy atom. The van der Waals surface area contributed by atoms with Crippen LogP contribution in [0.1, 0.15) is 10.4 Å². The van der Waals surface area contributed by atoms with E-state index in [2.05, 4.69) is 12.4 Å². The number of rotatable bonds is 2. The van der Waals surface area contributed by atoms with Crippen LogP contribution in [0.3, 0.4) is 0 Å². The summed E-state index contributed by atoms with van der Waals surface area (Å²) >= 11 is 0. The second-order valence-electron chi connectivity index (χ2n) is 2.95. The van der Waals surface area contributed by atoms with Gasteiger partial charge in [-0.1, -0.05) is 6.07 Å². The van der Waals surface area contributed by atoms with Crippen LogP contribution < -0.4 is 10.2 Å². The predicted molar refractivity (Wildman–Crippen MR) is 53.6 cm³/mol. The first-order chi connectivity index (χ1) is 6.15. The van der Waals surface area contributed by atoms with Crippen molar-refractivity contribution in [2.45, 2.75) is 0 Å². The number of amides is 1. The second kappa shape index (κ2) is 3.94. The minimum Gasteiger partial charge on any atom is -0.378 e. The molecule has 0 atom stereocenters. The summed E-state index contributed by atoms with van der Waals surface area (Å²) in [6.45, 7) is 0. The van der Waals surface area contributed by atoms with Gasteiger partial charge in [-0.05, 0) is 18.2 Å². The number of nitrogens with zero attached hydrogens (tertiary/aromatic N) is 1. The molecule has 0 aliphatic heterocycles. The van der Waals surface area contributed by atoms with Crippen molar-refractivity contribution in [2.24, 2.45) is 0 Å². The van der Waals surface area contributed by atoms with E-state index in [9.17, 15) is 4.79 Å². The molecule has 3 heteroatoms. The number of benzene rings is 1. The van der Waals surface area contributed by atoms with Crippen molar-refractivity contribution in [2.75, 3.05) is 19.0 Å².